The summed E-state index contributed by atoms with van der Waals surface area (Å²) in [4.78, 5) is 4.08. The van der Waals surface area contributed by atoms with Crippen molar-refractivity contribution in [3.63, 3.8) is 0 Å². The molecule has 0 bridgehead atoms. The summed E-state index contributed by atoms with van der Waals surface area (Å²) < 4.78 is 5.56. The van der Waals surface area contributed by atoms with Crippen LogP contribution >= 0.6 is 23.2 Å². The van der Waals surface area contributed by atoms with Crippen molar-refractivity contribution in [2.75, 3.05) is 0 Å². The fourth-order valence-corrected chi connectivity index (χ4v) is 3.21. The number of rotatable bonds is 6. The fourth-order valence-electron chi connectivity index (χ4n) is 2.71. The summed E-state index contributed by atoms with van der Waals surface area (Å²) in [6.45, 7) is 2.10. The first-order valence-corrected chi connectivity index (χ1v) is 8.89. The highest BCUT2D eigenvalue weighted by molar-refractivity contribution is 6.36. The molecule has 0 aliphatic rings. The Morgan fingerprint density at radius 1 is 1.24 bits per heavy atom. The van der Waals surface area contributed by atoms with Crippen molar-refractivity contribution in [2.24, 2.45) is 0 Å². The van der Waals surface area contributed by atoms with E-state index < -0.39 is 6.10 Å². The van der Waals surface area contributed by atoms with E-state index in [1.54, 1.807) is 36.7 Å². The van der Waals surface area contributed by atoms with Crippen molar-refractivity contribution in [1.82, 2.24) is 10.1 Å². The molecule has 2 aromatic heterocycles. The van der Waals surface area contributed by atoms with Crippen LogP contribution in [0.25, 0.3) is 11.3 Å². The molecular formula is C19H18Cl2N2O2. The van der Waals surface area contributed by atoms with Crippen LogP contribution in [-0.4, -0.2) is 15.2 Å². The molecule has 1 aromatic carbocycles. The topological polar surface area (TPSA) is 59.2 Å². The lowest BCUT2D eigenvalue weighted by Gasteiger charge is -2.13. The molecule has 6 heteroatoms. The van der Waals surface area contributed by atoms with Crippen LogP contribution in [0.5, 0.6) is 0 Å². The second-order valence-corrected chi connectivity index (χ2v) is 6.63. The summed E-state index contributed by atoms with van der Waals surface area (Å²) in [5, 5.41) is 16.1. The first kappa shape index (κ1) is 17.9. The van der Waals surface area contributed by atoms with E-state index in [2.05, 4.69) is 17.1 Å². The third-order valence-corrected chi connectivity index (χ3v) is 4.57. The minimum Gasteiger partial charge on any atom is -0.383 e. The fraction of sp³-hybridized carbons (Fsp3) is 0.263. The van der Waals surface area contributed by atoms with E-state index >= 15 is 0 Å². The zero-order valence-electron chi connectivity index (χ0n) is 13.7. The Morgan fingerprint density at radius 2 is 2.08 bits per heavy atom. The molecule has 3 rings (SSSR count). The molecule has 0 saturated heterocycles. The van der Waals surface area contributed by atoms with E-state index in [1.165, 1.54) is 0 Å². The third-order valence-electron chi connectivity index (χ3n) is 4.02. The molecule has 0 fully saturated rings. The Bertz CT molecular complexity index is 850. The number of unbranched alkanes of at least 4 members (excludes halogenated alkanes) is 1. The molecule has 25 heavy (non-hydrogen) atoms. The Labute approximate surface area is 156 Å². The van der Waals surface area contributed by atoms with Gasteiger partial charge in [-0.1, -0.05) is 47.8 Å². The summed E-state index contributed by atoms with van der Waals surface area (Å²) in [7, 11) is 0. The van der Waals surface area contributed by atoms with Crippen LogP contribution in [0, 0.1) is 0 Å². The molecule has 0 aliphatic heterocycles. The number of aliphatic hydroxyl groups excluding tert-OH is 1. The predicted molar refractivity (Wildman–Crippen MR) is 98.9 cm³/mol. The molecular weight excluding hydrogens is 359 g/mol. The number of halogens is 2. The Morgan fingerprint density at radius 3 is 2.76 bits per heavy atom. The monoisotopic (exact) mass is 376 g/mol. The standard InChI is InChI=1S/C19H18Cl2N2O2/c1-2-3-6-16-17(19(24)12-5-4-9-22-11-12)18(23-25-16)14-8-7-13(20)10-15(14)21/h4-5,7-11,19,24H,2-3,6H2,1H3. The quantitative estimate of drug-likeness (QED) is 0.619. The molecule has 4 nitrogen and oxygen atoms in total. The molecule has 1 N–H and O–H groups in total. The number of aliphatic hydroxyl groups is 1. The van der Waals surface area contributed by atoms with E-state index in [1.807, 2.05) is 6.07 Å². The Hall–Kier alpha value is -1.88. The maximum absolute atomic E-state index is 10.9. The number of aromatic nitrogens is 2. The van der Waals surface area contributed by atoms with Crippen LogP contribution in [0.2, 0.25) is 10.0 Å². The van der Waals surface area contributed by atoms with Gasteiger partial charge in [-0.3, -0.25) is 4.98 Å². The van der Waals surface area contributed by atoms with Gasteiger partial charge in [-0.05, 0) is 30.7 Å². The predicted octanol–water partition coefficient (Wildman–Crippen LogP) is 5.47. The lowest BCUT2D eigenvalue weighted by Crippen LogP contribution is -2.04. The summed E-state index contributed by atoms with van der Waals surface area (Å²) in [6, 6.07) is 8.78. The Kier molecular flexibility index (Phi) is 5.74. The van der Waals surface area contributed by atoms with Crippen molar-refractivity contribution >= 4 is 23.2 Å². The minimum absolute atomic E-state index is 0.461. The zero-order valence-corrected chi connectivity index (χ0v) is 15.3. The van der Waals surface area contributed by atoms with Gasteiger partial charge >= 0.3 is 0 Å². The Balaban J connectivity index is 2.11. The molecule has 1 atom stereocenters. The van der Waals surface area contributed by atoms with Gasteiger partial charge in [-0.25, -0.2) is 0 Å². The number of nitrogens with zero attached hydrogens (tertiary/aromatic N) is 2. The first-order valence-electron chi connectivity index (χ1n) is 8.13. The van der Waals surface area contributed by atoms with Gasteiger partial charge in [0.25, 0.3) is 0 Å². The van der Waals surface area contributed by atoms with Gasteiger partial charge < -0.3 is 9.63 Å². The molecule has 0 radical (unpaired) electrons. The molecule has 1 unspecified atom stereocenters. The molecule has 0 spiro atoms. The summed E-state index contributed by atoms with van der Waals surface area (Å²) in [6.07, 6.45) is 5.05. The van der Waals surface area contributed by atoms with Crippen molar-refractivity contribution < 1.29 is 9.63 Å². The zero-order chi connectivity index (χ0) is 17.8. The van der Waals surface area contributed by atoms with E-state index in [-0.39, 0.29) is 0 Å². The van der Waals surface area contributed by atoms with Crippen LogP contribution < -0.4 is 0 Å². The van der Waals surface area contributed by atoms with Crippen LogP contribution in [0.1, 0.15) is 42.8 Å². The average Bonchev–Trinajstić information content (AvgIpc) is 3.03. The van der Waals surface area contributed by atoms with Gasteiger partial charge in [0.05, 0.1) is 10.6 Å². The smallest absolute Gasteiger partial charge is 0.143 e. The normalized spacial score (nSPS) is 12.3. The van der Waals surface area contributed by atoms with Gasteiger partial charge in [0.15, 0.2) is 0 Å². The molecule has 0 amide bonds. The van der Waals surface area contributed by atoms with Crippen LogP contribution in [-0.2, 0) is 6.42 Å². The van der Waals surface area contributed by atoms with Crippen LogP contribution in [0.3, 0.4) is 0 Å². The first-order chi connectivity index (χ1) is 12.1. The molecule has 3 aromatic rings. The third kappa shape index (κ3) is 3.87. The number of benzene rings is 1. The molecule has 2 heterocycles. The highest BCUT2D eigenvalue weighted by Gasteiger charge is 2.26. The van der Waals surface area contributed by atoms with E-state index in [9.17, 15) is 5.11 Å². The summed E-state index contributed by atoms with van der Waals surface area (Å²) in [5.41, 5.74) is 2.51. The van der Waals surface area contributed by atoms with Crippen molar-refractivity contribution in [3.05, 3.63) is 69.7 Å². The number of pyridine rings is 1. The average molecular weight is 377 g/mol. The van der Waals surface area contributed by atoms with Crippen LogP contribution in [0.4, 0.5) is 0 Å². The maximum Gasteiger partial charge on any atom is 0.143 e. The highest BCUT2D eigenvalue weighted by Crippen LogP contribution is 2.38. The van der Waals surface area contributed by atoms with Crippen molar-refractivity contribution in [1.29, 1.82) is 0 Å². The number of hydrogen-bond acceptors (Lipinski definition) is 4. The van der Waals surface area contributed by atoms with Crippen molar-refractivity contribution in [2.45, 2.75) is 32.3 Å². The SMILES string of the molecule is CCCCc1onc(-c2ccc(Cl)cc2Cl)c1C(O)c1cccnc1. The van der Waals surface area contributed by atoms with Gasteiger partial charge in [-0.15, -0.1) is 0 Å². The van der Waals surface area contributed by atoms with E-state index in [0.717, 1.165) is 12.8 Å². The summed E-state index contributed by atoms with van der Waals surface area (Å²) >= 11 is 12.3. The molecule has 0 aliphatic carbocycles. The second-order valence-electron chi connectivity index (χ2n) is 5.78. The largest absolute Gasteiger partial charge is 0.383 e. The lowest BCUT2D eigenvalue weighted by atomic mass is 9.95. The minimum atomic E-state index is -0.895. The number of hydrogen-bond donors (Lipinski definition) is 1. The van der Waals surface area contributed by atoms with Gasteiger partial charge in [-0.2, -0.15) is 0 Å². The number of aryl methyl sites for hydroxylation is 1. The second kappa shape index (κ2) is 8.00. The highest BCUT2D eigenvalue weighted by atomic mass is 35.5. The van der Waals surface area contributed by atoms with Gasteiger partial charge in [0.1, 0.15) is 17.6 Å². The van der Waals surface area contributed by atoms with Gasteiger partial charge in [0.2, 0.25) is 0 Å². The van der Waals surface area contributed by atoms with Crippen molar-refractivity contribution in [3.8, 4) is 11.3 Å². The lowest BCUT2D eigenvalue weighted by molar-refractivity contribution is 0.216. The summed E-state index contributed by atoms with van der Waals surface area (Å²) in [5.74, 6) is 0.666. The van der Waals surface area contributed by atoms with Gasteiger partial charge in [0, 0.05) is 35.0 Å². The van der Waals surface area contributed by atoms with Crippen LogP contribution in [0.15, 0.2) is 47.2 Å². The maximum atomic E-state index is 10.9. The molecule has 130 valence electrons. The van der Waals surface area contributed by atoms with E-state index in [0.29, 0.717) is 44.6 Å². The van der Waals surface area contributed by atoms with E-state index in [4.69, 9.17) is 27.7 Å². The molecule has 0 saturated carbocycles.